The van der Waals surface area contributed by atoms with E-state index in [9.17, 15) is 0 Å². The second-order valence-electron chi connectivity index (χ2n) is 3.85. The predicted octanol–water partition coefficient (Wildman–Crippen LogP) is 1.21. The molecule has 0 aromatic rings. The minimum Gasteiger partial charge on any atom is -0.266 e. The summed E-state index contributed by atoms with van der Waals surface area (Å²) in [7, 11) is 0. The van der Waals surface area contributed by atoms with Crippen LogP contribution in [0.15, 0.2) is 0 Å². The summed E-state index contributed by atoms with van der Waals surface area (Å²) in [6, 6.07) is 0. The first-order valence-corrected chi connectivity index (χ1v) is 5.07. The molecule has 4 N–H and O–H groups in total. The molecule has 0 fully saturated rings. The van der Waals surface area contributed by atoms with Crippen molar-refractivity contribution >= 4 is 0 Å². The van der Waals surface area contributed by atoms with Gasteiger partial charge in [0.25, 0.3) is 0 Å². The van der Waals surface area contributed by atoms with Crippen molar-refractivity contribution in [1.29, 1.82) is 0 Å². The summed E-state index contributed by atoms with van der Waals surface area (Å²) in [4.78, 5) is 8.89. The molecule has 8 heteroatoms. The van der Waals surface area contributed by atoms with Gasteiger partial charge >= 0.3 is 0 Å². The Morgan fingerprint density at radius 2 is 1.62 bits per heavy atom. The minimum atomic E-state index is -0.671. The Hall–Kier alpha value is -0.320. The Balaban J connectivity index is 3.81. The summed E-state index contributed by atoms with van der Waals surface area (Å²) >= 11 is 0. The van der Waals surface area contributed by atoms with Gasteiger partial charge in [-0.05, 0) is 12.3 Å². The van der Waals surface area contributed by atoms with Crippen LogP contribution in [0.2, 0.25) is 0 Å². The number of hydrogen-bond acceptors (Lipinski definition) is 8. The Morgan fingerprint density at radius 3 is 2.06 bits per heavy atom. The van der Waals surface area contributed by atoms with Crippen molar-refractivity contribution in [3.05, 3.63) is 0 Å². The third-order valence-corrected chi connectivity index (χ3v) is 1.93. The first-order valence-electron chi connectivity index (χ1n) is 5.07. The molecule has 16 heavy (non-hydrogen) atoms. The number of hydrogen-bond donors (Lipinski definition) is 4. The van der Waals surface area contributed by atoms with Crippen LogP contribution in [0.5, 0.6) is 0 Å². The van der Waals surface area contributed by atoms with Crippen LogP contribution in [0.3, 0.4) is 0 Å². The van der Waals surface area contributed by atoms with Crippen LogP contribution in [0, 0.1) is 5.92 Å². The molecule has 0 heterocycles. The smallest absolute Gasteiger partial charge is 0.110 e. The van der Waals surface area contributed by atoms with Crippen LogP contribution in [0.4, 0.5) is 0 Å². The Labute approximate surface area is 93.9 Å². The Morgan fingerprint density at radius 1 is 1.00 bits per heavy atom. The van der Waals surface area contributed by atoms with E-state index in [-0.39, 0.29) is 6.61 Å². The maximum absolute atomic E-state index is 8.47. The SMILES string of the molecule is CC(C)CCC[C@@H](CON(O)O)ON(O)O. The van der Waals surface area contributed by atoms with Gasteiger partial charge in [0.1, 0.15) is 12.7 Å². The molecule has 98 valence electrons. The molecule has 0 aliphatic heterocycles. The lowest BCUT2D eigenvalue weighted by molar-refractivity contribution is -0.527. The van der Waals surface area contributed by atoms with Gasteiger partial charge in [0.2, 0.25) is 0 Å². The van der Waals surface area contributed by atoms with Gasteiger partial charge in [-0.3, -0.25) is 20.8 Å². The molecule has 0 aliphatic carbocycles. The van der Waals surface area contributed by atoms with Gasteiger partial charge in [-0.1, -0.05) is 26.7 Å². The van der Waals surface area contributed by atoms with Crippen molar-refractivity contribution < 1.29 is 30.5 Å². The zero-order valence-corrected chi connectivity index (χ0v) is 9.48. The highest BCUT2D eigenvalue weighted by Gasteiger charge is 2.15. The molecule has 0 amide bonds. The lowest BCUT2D eigenvalue weighted by Gasteiger charge is -2.19. The van der Waals surface area contributed by atoms with Gasteiger partial charge < -0.3 is 0 Å². The zero-order chi connectivity index (χ0) is 12.6. The van der Waals surface area contributed by atoms with E-state index in [1.807, 2.05) is 0 Å². The molecule has 0 saturated heterocycles. The minimum absolute atomic E-state index is 0.206. The van der Waals surface area contributed by atoms with Crippen LogP contribution >= 0.6 is 0 Å². The van der Waals surface area contributed by atoms with Crippen LogP contribution < -0.4 is 0 Å². The van der Waals surface area contributed by atoms with Crippen molar-refractivity contribution in [3.63, 3.8) is 0 Å². The van der Waals surface area contributed by atoms with E-state index in [0.717, 1.165) is 12.8 Å². The molecule has 0 aromatic heterocycles. The first kappa shape index (κ1) is 15.7. The third-order valence-electron chi connectivity index (χ3n) is 1.93. The van der Waals surface area contributed by atoms with Gasteiger partial charge in [0.15, 0.2) is 0 Å². The van der Waals surface area contributed by atoms with E-state index in [0.29, 0.717) is 12.3 Å². The summed E-state index contributed by atoms with van der Waals surface area (Å²) < 4.78 is 0. The average Bonchev–Trinajstić information content (AvgIpc) is 2.12. The highest BCUT2D eigenvalue weighted by molar-refractivity contribution is 4.56. The van der Waals surface area contributed by atoms with Crippen LogP contribution in [0.1, 0.15) is 33.1 Å². The van der Waals surface area contributed by atoms with Gasteiger partial charge in [-0.25, -0.2) is 9.68 Å². The van der Waals surface area contributed by atoms with E-state index in [2.05, 4.69) is 23.5 Å². The molecule has 0 saturated carbocycles. The van der Waals surface area contributed by atoms with E-state index >= 15 is 0 Å². The fourth-order valence-corrected chi connectivity index (χ4v) is 1.20. The largest absolute Gasteiger partial charge is 0.266 e. The van der Waals surface area contributed by atoms with E-state index < -0.39 is 16.9 Å². The second kappa shape index (κ2) is 8.79. The monoisotopic (exact) mass is 240 g/mol. The fourth-order valence-electron chi connectivity index (χ4n) is 1.20. The Kier molecular flexibility index (Phi) is 8.61. The average molecular weight is 240 g/mol. The normalized spacial score (nSPS) is 14.1. The maximum Gasteiger partial charge on any atom is 0.110 e. The molecule has 0 aromatic carbocycles. The molecule has 1 atom stereocenters. The topological polar surface area (TPSA) is 106 Å². The van der Waals surface area contributed by atoms with E-state index in [4.69, 9.17) is 20.8 Å². The van der Waals surface area contributed by atoms with Crippen molar-refractivity contribution in [2.24, 2.45) is 5.92 Å². The van der Waals surface area contributed by atoms with Crippen molar-refractivity contribution in [1.82, 2.24) is 10.8 Å². The molecule has 0 rings (SSSR count). The van der Waals surface area contributed by atoms with E-state index in [1.165, 1.54) is 0 Å². The highest BCUT2D eigenvalue weighted by Crippen LogP contribution is 2.11. The van der Waals surface area contributed by atoms with Crippen molar-refractivity contribution in [2.75, 3.05) is 6.61 Å². The molecule has 0 unspecified atom stereocenters. The molecule has 8 nitrogen and oxygen atoms in total. The predicted molar refractivity (Wildman–Crippen MR) is 50.3 cm³/mol. The van der Waals surface area contributed by atoms with Gasteiger partial charge in [-0.2, -0.15) is 0 Å². The van der Waals surface area contributed by atoms with E-state index in [1.54, 1.807) is 0 Å². The fraction of sp³-hybridized carbons (Fsp3) is 1.00. The van der Waals surface area contributed by atoms with Gasteiger partial charge in [0.05, 0.1) is 10.8 Å². The number of rotatable bonds is 9. The number of nitrogens with zero attached hydrogens (tertiary/aromatic N) is 2. The quantitative estimate of drug-likeness (QED) is 0.445. The highest BCUT2D eigenvalue weighted by atomic mass is 17.1. The summed E-state index contributed by atoms with van der Waals surface area (Å²) in [5, 5.41) is 32.7. The summed E-state index contributed by atoms with van der Waals surface area (Å²) in [5.41, 5.74) is 0. The zero-order valence-electron chi connectivity index (χ0n) is 9.48. The Bertz CT molecular complexity index is 167. The molecule has 0 bridgehead atoms. The maximum atomic E-state index is 8.47. The summed E-state index contributed by atoms with van der Waals surface area (Å²) in [6.45, 7) is 3.93. The first-order chi connectivity index (χ1) is 7.41. The molecular weight excluding hydrogens is 220 g/mol. The molecule has 0 spiro atoms. The lowest BCUT2D eigenvalue weighted by atomic mass is 10.0. The van der Waals surface area contributed by atoms with Crippen LogP contribution in [-0.2, 0) is 9.68 Å². The van der Waals surface area contributed by atoms with Gasteiger partial charge in [-0.15, -0.1) is 0 Å². The second-order valence-corrected chi connectivity index (χ2v) is 3.85. The third kappa shape index (κ3) is 10.2. The van der Waals surface area contributed by atoms with Gasteiger partial charge in [0, 0.05) is 0 Å². The van der Waals surface area contributed by atoms with Crippen LogP contribution in [0.25, 0.3) is 0 Å². The molecule has 0 aliphatic rings. The summed E-state index contributed by atoms with van der Waals surface area (Å²) in [5.74, 6) is 0.535. The lowest BCUT2D eigenvalue weighted by Crippen LogP contribution is -2.31. The van der Waals surface area contributed by atoms with Crippen LogP contribution in [-0.4, -0.2) is 44.3 Å². The standard InChI is InChI=1S/C8H20N2O6/c1-7(2)4-3-5-8(16-10(13)14)6-15-9(11)12/h7-8,11-14H,3-6H2,1-2H3/t8-/m0/s1. The molecule has 0 radical (unpaired) electrons. The van der Waals surface area contributed by atoms with Crippen molar-refractivity contribution in [2.45, 2.75) is 39.2 Å². The molecular formula is C8H20N2O6. The van der Waals surface area contributed by atoms with Crippen molar-refractivity contribution in [3.8, 4) is 0 Å². The summed E-state index contributed by atoms with van der Waals surface area (Å²) in [6.07, 6.45) is 1.59.